The van der Waals surface area contributed by atoms with Crippen LogP contribution in [0.15, 0.2) is 12.3 Å². The van der Waals surface area contributed by atoms with Crippen molar-refractivity contribution in [3.63, 3.8) is 0 Å². The number of fused-ring (bicyclic) bond motifs is 1. The molecule has 15 heavy (non-hydrogen) atoms. The number of hydrogen-bond acceptors (Lipinski definition) is 4. The first-order valence-corrected chi connectivity index (χ1v) is 4.19. The predicted octanol–water partition coefficient (Wildman–Crippen LogP) is 1.28. The van der Waals surface area contributed by atoms with Crippen LogP contribution in [-0.2, 0) is 0 Å². The van der Waals surface area contributed by atoms with E-state index in [9.17, 15) is 0 Å². The molecule has 0 saturated carbocycles. The maximum Gasteiger partial charge on any atom is 0.254 e. The molecule has 80 valence electrons. The van der Waals surface area contributed by atoms with E-state index in [1.54, 1.807) is 0 Å². The second kappa shape index (κ2) is 3.84. The van der Waals surface area contributed by atoms with E-state index >= 15 is 0 Å². The van der Waals surface area contributed by atoms with E-state index in [1.165, 1.54) is 0 Å². The van der Waals surface area contributed by atoms with Gasteiger partial charge in [-0.1, -0.05) is 0 Å². The van der Waals surface area contributed by atoms with Crippen molar-refractivity contribution in [3.8, 4) is 0 Å². The molecule has 5 heteroatoms. The van der Waals surface area contributed by atoms with Gasteiger partial charge < -0.3 is 4.90 Å². The van der Waals surface area contributed by atoms with Crippen LogP contribution < -0.4 is 4.90 Å². The molecule has 5 nitrogen and oxygen atoms in total. The summed E-state index contributed by atoms with van der Waals surface area (Å²) in [5.41, 5.74) is -0.670. The lowest BCUT2D eigenvalue weighted by Crippen LogP contribution is -2.25. The molecule has 0 aliphatic rings. The summed E-state index contributed by atoms with van der Waals surface area (Å²) in [7, 11) is 0. The van der Waals surface area contributed by atoms with Gasteiger partial charge in [0.25, 0.3) is 5.78 Å². The van der Waals surface area contributed by atoms with E-state index < -0.39 is 43.7 Å². The van der Waals surface area contributed by atoms with Gasteiger partial charge in [-0.25, -0.2) is 4.98 Å². The molecule has 2 aromatic heterocycles. The molecule has 2 heterocycles. The lowest BCUT2D eigenvalue weighted by molar-refractivity contribution is 0.796. The number of aryl methyl sites for hydroxylation is 1. The van der Waals surface area contributed by atoms with Crippen LogP contribution in [0.25, 0.3) is 5.78 Å². The fourth-order valence-corrected chi connectivity index (χ4v) is 1.18. The highest BCUT2D eigenvalue weighted by Crippen LogP contribution is 2.14. The number of nitrogens with zero attached hydrogens (tertiary/aromatic N) is 5. The molecule has 0 aliphatic heterocycles. The molecule has 0 N–H and O–H groups in total. The van der Waals surface area contributed by atoms with Crippen LogP contribution in [0.5, 0.6) is 0 Å². The van der Waals surface area contributed by atoms with Gasteiger partial charge in [-0.3, -0.25) is 0 Å². The summed E-state index contributed by atoms with van der Waals surface area (Å²) in [6.07, 6.45) is -0.515. The van der Waals surface area contributed by atoms with E-state index in [4.69, 9.17) is 12.3 Å². The van der Waals surface area contributed by atoms with E-state index in [0.29, 0.717) is 4.90 Å². The largest absolute Gasteiger partial charge is 0.357 e. The van der Waals surface area contributed by atoms with E-state index in [1.807, 2.05) is 0 Å². The Hall–Kier alpha value is -1.65. The molecule has 0 saturated heterocycles. The molecule has 0 aromatic carbocycles. The number of aromatic nitrogens is 4. The highest BCUT2D eigenvalue weighted by molar-refractivity contribution is 5.46. The first-order valence-electron chi connectivity index (χ1n) is 8.69. The third kappa shape index (κ3) is 1.65. The number of rotatable bonds is 3. The fraction of sp³-hybridized carbons (Fsp3) is 0.500. The summed E-state index contributed by atoms with van der Waals surface area (Å²) in [5.74, 6) is -0.798. The number of hydrogen-bond donors (Lipinski definition) is 0. The highest BCUT2D eigenvalue weighted by atomic mass is 15.4. The molecular weight excluding hydrogens is 190 g/mol. The first kappa shape index (κ1) is 3.73. The maximum atomic E-state index is 8.14. The summed E-state index contributed by atoms with van der Waals surface area (Å²) in [5, 5.41) is 3.68. The van der Waals surface area contributed by atoms with Crippen LogP contribution in [0.1, 0.15) is 31.9 Å². The minimum Gasteiger partial charge on any atom is -0.357 e. The van der Waals surface area contributed by atoms with Gasteiger partial charge in [-0.2, -0.15) is 14.6 Å². The van der Waals surface area contributed by atoms with E-state index in [0.717, 1.165) is 18.4 Å². The zero-order valence-corrected chi connectivity index (χ0v) is 8.24. The van der Waals surface area contributed by atoms with Gasteiger partial charge in [0.2, 0.25) is 0 Å². The molecule has 0 spiro atoms. The van der Waals surface area contributed by atoms with Crippen LogP contribution in [0.2, 0.25) is 0 Å². The normalized spacial score (nSPS) is 22.4. The lowest BCUT2D eigenvalue weighted by Gasteiger charge is -2.21. The average Bonchev–Trinajstić information content (AvgIpc) is 2.68. The molecule has 0 bridgehead atoms. The minimum atomic E-state index is -2.80. The van der Waals surface area contributed by atoms with Crippen molar-refractivity contribution in [2.24, 2.45) is 0 Å². The summed E-state index contributed by atoms with van der Waals surface area (Å²) in [4.78, 5) is 7.94. The zero-order chi connectivity index (χ0) is 18.7. The minimum absolute atomic E-state index is 0.323. The predicted molar refractivity (Wildman–Crippen MR) is 59.1 cm³/mol. The standard InChI is InChI=1S/C10H15N5/c1-4-14(5-2)9-6-8(3)13-10-11-7-12-15(9)10/h6-7H,4-5H2,1-3H3/i3D3,4D2,5D2,6D,7D. The smallest absolute Gasteiger partial charge is 0.254 e. The van der Waals surface area contributed by atoms with Crippen molar-refractivity contribution in [2.75, 3.05) is 17.9 Å². The molecule has 0 unspecified atom stereocenters. The van der Waals surface area contributed by atoms with Crippen molar-refractivity contribution >= 4 is 11.6 Å². The van der Waals surface area contributed by atoms with Gasteiger partial charge in [0.1, 0.15) is 13.5 Å². The van der Waals surface area contributed by atoms with Crippen LogP contribution in [-0.4, -0.2) is 32.6 Å². The molecule has 0 atom stereocenters. The molecule has 2 rings (SSSR count). The number of anilines is 1. The van der Waals surface area contributed by atoms with Gasteiger partial charge in [0.05, 0.1) is 1.37 Å². The summed E-state index contributed by atoms with van der Waals surface area (Å²) in [6, 6.07) is -0.705. The topological polar surface area (TPSA) is 46.3 Å². The van der Waals surface area contributed by atoms with E-state index in [-0.39, 0.29) is 5.78 Å². The summed E-state index contributed by atoms with van der Waals surface area (Å²) >= 11 is 0. The van der Waals surface area contributed by atoms with Gasteiger partial charge >= 0.3 is 0 Å². The first-order chi connectivity index (χ1) is 10.6. The monoisotopic (exact) mass is 214 g/mol. The van der Waals surface area contributed by atoms with Crippen molar-refractivity contribution in [2.45, 2.75) is 20.7 Å². The van der Waals surface area contributed by atoms with Crippen molar-refractivity contribution in [3.05, 3.63) is 18.0 Å². The molecule has 2 aromatic rings. The second-order valence-electron chi connectivity index (χ2n) is 2.62. The van der Waals surface area contributed by atoms with Gasteiger partial charge in [-0.15, -0.1) is 0 Å². The fourth-order valence-electron chi connectivity index (χ4n) is 1.18. The summed E-state index contributed by atoms with van der Waals surface area (Å²) in [6.45, 7) is -5.28. The SMILES string of the molecule is [2H]c1nc2nc(C([2H])([2H])[2H])c([2H])c(N(C([2H])([2H])C)C([2H])([2H])C)n2n1. The average molecular weight is 214 g/mol. The van der Waals surface area contributed by atoms with E-state index in [2.05, 4.69) is 15.1 Å². The Morgan fingerprint density at radius 2 is 2.40 bits per heavy atom. The summed E-state index contributed by atoms with van der Waals surface area (Å²) < 4.78 is 70.4. The Balaban J connectivity index is 2.97. The molecule has 0 amide bonds. The van der Waals surface area contributed by atoms with Crippen LogP contribution in [0.3, 0.4) is 0 Å². The molecule has 0 radical (unpaired) electrons. The Bertz CT molecular complexity index is 756. The Morgan fingerprint density at radius 1 is 1.60 bits per heavy atom. The third-order valence-corrected chi connectivity index (χ3v) is 1.79. The Kier molecular flexibility index (Phi) is 0.956. The second-order valence-corrected chi connectivity index (χ2v) is 2.62. The van der Waals surface area contributed by atoms with Crippen molar-refractivity contribution in [1.82, 2.24) is 19.6 Å². The van der Waals surface area contributed by atoms with Crippen LogP contribution in [0, 0.1) is 6.85 Å². The van der Waals surface area contributed by atoms with Crippen molar-refractivity contribution < 1.29 is 12.3 Å². The van der Waals surface area contributed by atoms with Gasteiger partial charge in [-0.05, 0) is 20.7 Å². The molecular formula is C10H15N5. The zero-order valence-electron chi connectivity index (χ0n) is 17.2. The van der Waals surface area contributed by atoms with Crippen molar-refractivity contribution in [1.29, 1.82) is 0 Å². The third-order valence-electron chi connectivity index (χ3n) is 1.79. The highest BCUT2D eigenvalue weighted by Gasteiger charge is 2.09. The lowest BCUT2D eigenvalue weighted by atomic mass is 10.4. The van der Waals surface area contributed by atoms with Gasteiger partial charge in [0.15, 0.2) is 0 Å². The van der Waals surface area contributed by atoms with Crippen LogP contribution in [0.4, 0.5) is 5.82 Å². The van der Waals surface area contributed by atoms with Gasteiger partial charge in [0, 0.05) is 34.3 Å². The quantitative estimate of drug-likeness (QED) is 0.772. The maximum absolute atomic E-state index is 8.14. The Labute approximate surface area is 101 Å². The van der Waals surface area contributed by atoms with Crippen LogP contribution >= 0.6 is 0 Å². The molecule has 0 fully saturated rings. The molecule has 0 aliphatic carbocycles. The Morgan fingerprint density at radius 3 is 3.07 bits per heavy atom.